The van der Waals surface area contributed by atoms with Crippen LogP contribution in [0.4, 0.5) is 5.69 Å². The number of benzene rings is 1. The van der Waals surface area contributed by atoms with Crippen LogP contribution in [0.15, 0.2) is 35.7 Å². The predicted molar refractivity (Wildman–Crippen MR) is 87.8 cm³/mol. The van der Waals surface area contributed by atoms with Gasteiger partial charge in [0, 0.05) is 25.1 Å². The summed E-state index contributed by atoms with van der Waals surface area (Å²) in [7, 11) is 1.92. The standard InChI is InChI=1S/C16H21N3OS/c1-11(2)13-7-5-6-12(3)15(13)18-14(20)10-21-16-17-8-9-19(16)4/h5-9,11H,10H2,1-4H3,(H,18,20). The molecule has 0 radical (unpaired) electrons. The van der Waals surface area contributed by atoms with Crippen LogP contribution < -0.4 is 5.32 Å². The number of aromatic nitrogens is 2. The fourth-order valence-corrected chi connectivity index (χ4v) is 2.87. The van der Waals surface area contributed by atoms with Gasteiger partial charge in [-0.3, -0.25) is 4.79 Å². The number of carbonyl (C=O) groups excluding carboxylic acids is 1. The normalized spacial score (nSPS) is 10.9. The fourth-order valence-electron chi connectivity index (χ4n) is 2.14. The number of imidazole rings is 1. The molecule has 1 aromatic heterocycles. The molecule has 5 heteroatoms. The van der Waals surface area contributed by atoms with Gasteiger partial charge in [-0.15, -0.1) is 0 Å². The predicted octanol–water partition coefficient (Wildman–Crippen LogP) is 3.58. The Kier molecular flexibility index (Phi) is 5.07. The van der Waals surface area contributed by atoms with Crippen molar-refractivity contribution in [3.63, 3.8) is 0 Å². The summed E-state index contributed by atoms with van der Waals surface area (Å²) in [6.07, 6.45) is 3.61. The number of hydrogen-bond acceptors (Lipinski definition) is 3. The molecule has 1 aromatic carbocycles. The van der Waals surface area contributed by atoms with Gasteiger partial charge in [0.15, 0.2) is 5.16 Å². The molecule has 1 N–H and O–H groups in total. The van der Waals surface area contributed by atoms with Crippen LogP contribution in [0.1, 0.15) is 30.9 Å². The zero-order valence-electron chi connectivity index (χ0n) is 12.9. The zero-order valence-corrected chi connectivity index (χ0v) is 13.7. The highest BCUT2D eigenvalue weighted by atomic mass is 32.2. The van der Waals surface area contributed by atoms with Gasteiger partial charge in [-0.2, -0.15) is 0 Å². The van der Waals surface area contributed by atoms with Crippen molar-refractivity contribution in [3.05, 3.63) is 41.7 Å². The molecule has 2 aromatic rings. The minimum Gasteiger partial charge on any atom is -0.329 e. The first-order valence-corrected chi connectivity index (χ1v) is 7.97. The number of rotatable bonds is 5. The highest BCUT2D eigenvalue weighted by Crippen LogP contribution is 2.27. The third-order valence-electron chi connectivity index (χ3n) is 3.30. The SMILES string of the molecule is Cc1cccc(C(C)C)c1NC(=O)CSc1nccn1C. The number of nitrogens with one attached hydrogen (secondary N) is 1. The molecule has 4 nitrogen and oxygen atoms in total. The van der Waals surface area contributed by atoms with E-state index in [0.717, 1.165) is 16.4 Å². The first-order valence-electron chi connectivity index (χ1n) is 6.98. The van der Waals surface area contributed by atoms with Crippen molar-refractivity contribution in [1.82, 2.24) is 9.55 Å². The number of anilines is 1. The van der Waals surface area contributed by atoms with Crippen molar-refractivity contribution in [2.24, 2.45) is 7.05 Å². The minimum absolute atomic E-state index is 0.000741. The largest absolute Gasteiger partial charge is 0.329 e. The number of aryl methyl sites for hydroxylation is 2. The maximum Gasteiger partial charge on any atom is 0.234 e. The van der Waals surface area contributed by atoms with Crippen LogP contribution in [-0.2, 0) is 11.8 Å². The van der Waals surface area contributed by atoms with Gasteiger partial charge in [-0.05, 0) is 24.0 Å². The van der Waals surface area contributed by atoms with Crippen LogP contribution in [0, 0.1) is 6.92 Å². The topological polar surface area (TPSA) is 46.9 Å². The lowest BCUT2D eigenvalue weighted by Gasteiger charge is -2.16. The smallest absolute Gasteiger partial charge is 0.234 e. The van der Waals surface area contributed by atoms with Crippen LogP contribution in [0.5, 0.6) is 0 Å². The molecular formula is C16H21N3OS. The summed E-state index contributed by atoms with van der Waals surface area (Å²) in [5, 5.41) is 3.89. The Bertz CT molecular complexity index is 634. The van der Waals surface area contributed by atoms with E-state index >= 15 is 0 Å². The average Bonchev–Trinajstić information content (AvgIpc) is 2.84. The van der Waals surface area contributed by atoms with Crippen LogP contribution in [0.3, 0.4) is 0 Å². The van der Waals surface area contributed by atoms with Crippen LogP contribution in [-0.4, -0.2) is 21.2 Å². The Morgan fingerprint density at radius 1 is 1.43 bits per heavy atom. The van der Waals surface area contributed by atoms with Crippen molar-refractivity contribution in [2.45, 2.75) is 31.8 Å². The Balaban J connectivity index is 2.05. The van der Waals surface area contributed by atoms with Crippen molar-refractivity contribution < 1.29 is 4.79 Å². The first kappa shape index (κ1) is 15.6. The summed E-state index contributed by atoms with van der Waals surface area (Å²) >= 11 is 1.44. The number of amides is 1. The van der Waals surface area contributed by atoms with E-state index in [4.69, 9.17) is 0 Å². The third kappa shape index (κ3) is 3.88. The number of nitrogens with zero attached hydrogens (tertiary/aromatic N) is 2. The molecule has 1 amide bonds. The Hall–Kier alpha value is -1.75. The van der Waals surface area contributed by atoms with Crippen molar-refractivity contribution in [3.8, 4) is 0 Å². The van der Waals surface area contributed by atoms with E-state index in [9.17, 15) is 4.79 Å². The summed E-state index contributed by atoms with van der Waals surface area (Å²) in [6, 6.07) is 6.12. The summed E-state index contributed by atoms with van der Waals surface area (Å²) in [6.45, 7) is 6.29. The lowest BCUT2D eigenvalue weighted by Crippen LogP contribution is -2.17. The summed E-state index contributed by atoms with van der Waals surface area (Å²) in [5.74, 6) is 0.734. The van der Waals surface area contributed by atoms with Gasteiger partial charge in [0.2, 0.25) is 5.91 Å². The molecule has 0 atom stereocenters. The number of hydrogen-bond donors (Lipinski definition) is 1. The van der Waals surface area contributed by atoms with E-state index in [2.05, 4.69) is 30.2 Å². The van der Waals surface area contributed by atoms with Gasteiger partial charge < -0.3 is 9.88 Å². The fraction of sp³-hybridized carbons (Fsp3) is 0.375. The maximum atomic E-state index is 12.2. The van der Waals surface area contributed by atoms with Gasteiger partial charge in [0.1, 0.15) is 0 Å². The van der Waals surface area contributed by atoms with Gasteiger partial charge >= 0.3 is 0 Å². The van der Waals surface area contributed by atoms with Crippen molar-refractivity contribution in [1.29, 1.82) is 0 Å². The van der Waals surface area contributed by atoms with Crippen LogP contribution in [0.2, 0.25) is 0 Å². The highest BCUT2D eigenvalue weighted by molar-refractivity contribution is 7.99. The summed E-state index contributed by atoms with van der Waals surface area (Å²) < 4.78 is 1.91. The highest BCUT2D eigenvalue weighted by Gasteiger charge is 2.12. The molecule has 0 aliphatic carbocycles. The van der Waals surface area contributed by atoms with Crippen molar-refractivity contribution in [2.75, 3.05) is 11.1 Å². The molecular weight excluding hydrogens is 282 g/mol. The monoisotopic (exact) mass is 303 g/mol. The quantitative estimate of drug-likeness (QED) is 0.859. The van der Waals surface area contributed by atoms with Gasteiger partial charge in [-0.1, -0.05) is 43.8 Å². The second-order valence-electron chi connectivity index (χ2n) is 5.35. The van der Waals surface area contributed by atoms with Crippen LogP contribution >= 0.6 is 11.8 Å². The molecule has 1 heterocycles. The molecule has 0 saturated carbocycles. The lowest BCUT2D eigenvalue weighted by atomic mass is 9.98. The second kappa shape index (κ2) is 6.80. The van der Waals surface area contributed by atoms with E-state index in [-0.39, 0.29) is 5.91 Å². The van der Waals surface area contributed by atoms with E-state index in [1.165, 1.54) is 17.3 Å². The van der Waals surface area contributed by atoms with E-state index in [0.29, 0.717) is 11.7 Å². The number of carbonyl (C=O) groups is 1. The molecule has 112 valence electrons. The average molecular weight is 303 g/mol. The third-order valence-corrected chi connectivity index (χ3v) is 4.36. The minimum atomic E-state index is -0.000741. The van der Waals surface area contributed by atoms with Crippen LogP contribution in [0.25, 0.3) is 0 Å². The molecule has 0 saturated heterocycles. The summed E-state index contributed by atoms with van der Waals surface area (Å²) in [5.41, 5.74) is 3.21. The zero-order chi connectivity index (χ0) is 15.4. The van der Waals surface area contributed by atoms with E-state index < -0.39 is 0 Å². The Morgan fingerprint density at radius 3 is 2.81 bits per heavy atom. The molecule has 21 heavy (non-hydrogen) atoms. The molecule has 0 bridgehead atoms. The van der Waals surface area contributed by atoms with E-state index in [1.54, 1.807) is 6.20 Å². The summed E-state index contributed by atoms with van der Waals surface area (Å²) in [4.78, 5) is 16.4. The van der Waals surface area contributed by atoms with Gasteiger partial charge in [0.05, 0.1) is 5.75 Å². The number of para-hydroxylation sites is 1. The molecule has 2 rings (SSSR count). The maximum absolute atomic E-state index is 12.2. The van der Waals surface area contributed by atoms with Gasteiger partial charge in [-0.25, -0.2) is 4.98 Å². The molecule has 0 unspecified atom stereocenters. The molecule has 0 aliphatic rings. The lowest BCUT2D eigenvalue weighted by molar-refractivity contribution is -0.113. The van der Waals surface area contributed by atoms with Gasteiger partial charge in [0.25, 0.3) is 0 Å². The Labute approximate surface area is 130 Å². The Morgan fingerprint density at radius 2 is 2.19 bits per heavy atom. The second-order valence-corrected chi connectivity index (χ2v) is 6.29. The number of thioether (sulfide) groups is 1. The first-order chi connectivity index (χ1) is 9.99. The van der Waals surface area contributed by atoms with Crippen molar-refractivity contribution >= 4 is 23.4 Å². The molecule has 0 spiro atoms. The van der Waals surface area contributed by atoms with E-state index in [1.807, 2.05) is 36.9 Å². The molecule has 0 aliphatic heterocycles. The molecule has 0 fully saturated rings.